The van der Waals surface area contributed by atoms with Gasteiger partial charge in [-0.3, -0.25) is 4.79 Å². The first kappa shape index (κ1) is 14.3. The predicted octanol–water partition coefficient (Wildman–Crippen LogP) is 4.15. The van der Waals surface area contributed by atoms with Gasteiger partial charge in [0.1, 0.15) is 5.82 Å². The summed E-state index contributed by atoms with van der Waals surface area (Å²) in [4.78, 5) is 12.3. The average Bonchev–Trinajstić information content (AvgIpc) is 2.45. The quantitative estimate of drug-likeness (QED) is 0.670. The van der Waals surface area contributed by atoms with E-state index in [1.807, 2.05) is 12.1 Å². The van der Waals surface area contributed by atoms with E-state index in [9.17, 15) is 9.18 Å². The number of benzene rings is 2. The normalized spacial score (nSPS) is 12.2. The highest BCUT2D eigenvalue weighted by atomic mass is 19.1. The van der Waals surface area contributed by atoms with E-state index in [0.717, 1.165) is 6.42 Å². The monoisotopic (exact) mass is 271 g/mol. The highest BCUT2D eigenvalue weighted by molar-refractivity contribution is 6.09. The zero-order valence-electron chi connectivity index (χ0n) is 11.7. The first-order valence-corrected chi connectivity index (χ1v) is 6.72. The van der Waals surface area contributed by atoms with Crippen molar-refractivity contribution in [1.29, 1.82) is 0 Å². The second-order valence-corrected chi connectivity index (χ2v) is 5.03. The van der Waals surface area contributed by atoms with Crippen LogP contribution in [0.5, 0.6) is 0 Å². The Kier molecular flexibility index (Phi) is 4.18. The molecule has 2 nitrogen and oxygen atoms in total. The number of carbonyl (C=O) groups excluding carboxylic acids is 1. The van der Waals surface area contributed by atoms with Gasteiger partial charge in [0.15, 0.2) is 5.78 Å². The summed E-state index contributed by atoms with van der Waals surface area (Å²) in [6.45, 7) is 4.27. The van der Waals surface area contributed by atoms with Crippen molar-refractivity contribution < 1.29 is 9.18 Å². The zero-order chi connectivity index (χ0) is 14.7. The van der Waals surface area contributed by atoms with E-state index < -0.39 is 5.82 Å². The van der Waals surface area contributed by atoms with Crippen LogP contribution in [0.1, 0.15) is 47.7 Å². The van der Waals surface area contributed by atoms with E-state index in [1.165, 1.54) is 23.8 Å². The summed E-state index contributed by atoms with van der Waals surface area (Å²) < 4.78 is 13.3. The molecule has 2 aromatic rings. The van der Waals surface area contributed by atoms with Gasteiger partial charge in [-0.1, -0.05) is 38.1 Å². The molecular formula is C17H18FNO. The molecule has 2 N–H and O–H groups in total. The number of halogens is 1. The first-order valence-electron chi connectivity index (χ1n) is 6.72. The number of carbonyl (C=O) groups is 1. The Balaban J connectivity index is 2.29. The molecule has 2 rings (SSSR count). The lowest BCUT2D eigenvalue weighted by Gasteiger charge is -2.09. The molecule has 0 aromatic heterocycles. The summed E-state index contributed by atoms with van der Waals surface area (Å²) in [5, 5.41) is 0. The second-order valence-electron chi connectivity index (χ2n) is 5.03. The van der Waals surface area contributed by atoms with E-state index in [2.05, 4.69) is 13.8 Å². The minimum absolute atomic E-state index is 0.216. The Morgan fingerprint density at radius 1 is 1.15 bits per heavy atom. The van der Waals surface area contributed by atoms with Crippen molar-refractivity contribution in [2.45, 2.75) is 26.2 Å². The molecular weight excluding hydrogens is 253 g/mol. The van der Waals surface area contributed by atoms with Crippen LogP contribution in [0.2, 0.25) is 0 Å². The van der Waals surface area contributed by atoms with Gasteiger partial charge in [-0.15, -0.1) is 0 Å². The largest absolute Gasteiger partial charge is 0.399 e. The van der Waals surface area contributed by atoms with Crippen molar-refractivity contribution in [3.63, 3.8) is 0 Å². The van der Waals surface area contributed by atoms with Crippen LogP contribution in [0.3, 0.4) is 0 Å². The molecule has 20 heavy (non-hydrogen) atoms. The number of hydrogen-bond acceptors (Lipinski definition) is 2. The van der Waals surface area contributed by atoms with Crippen LogP contribution < -0.4 is 5.73 Å². The van der Waals surface area contributed by atoms with Crippen molar-refractivity contribution >= 4 is 11.5 Å². The maximum atomic E-state index is 13.3. The first-order chi connectivity index (χ1) is 9.51. The molecule has 0 heterocycles. The SMILES string of the molecule is CCC(C)c1ccc(C(=O)c2cc(N)cc(F)c2)cc1. The third kappa shape index (κ3) is 3.05. The van der Waals surface area contributed by atoms with Gasteiger partial charge < -0.3 is 5.73 Å². The van der Waals surface area contributed by atoms with Crippen LogP contribution >= 0.6 is 0 Å². The van der Waals surface area contributed by atoms with Crippen LogP contribution in [0.15, 0.2) is 42.5 Å². The Morgan fingerprint density at radius 2 is 1.80 bits per heavy atom. The van der Waals surface area contributed by atoms with Gasteiger partial charge in [0.25, 0.3) is 0 Å². The van der Waals surface area contributed by atoms with E-state index in [0.29, 0.717) is 11.5 Å². The molecule has 1 unspecified atom stereocenters. The molecule has 0 radical (unpaired) electrons. The molecule has 0 bridgehead atoms. The molecule has 0 saturated carbocycles. The summed E-state index contributed by atoms with van der Waals surface area (Å²) in [7, 11) is 0. The van der Waals surface area contributed by atoms with Gasteiger partial charge >= 0.3 is 0 Å². The van der Waals surface area contributed by atoms with Crippen molar-refractivity contribution in [1.82, 2.24) is 0 Å². The third-order valence-electron chi connectivity index (χ3n) is 3.54. The second kappa shape index (κ2) is 5.87. The Labute approximate surface area is 118 Å². The number of rotatable bonds is 4. The number of nitrogen functional groups attached to an aromatic ring is 1. The predicted molar refractivity (Wildman–Crippen MR) is 79.4 cm³/mol. The molecule has 104 valence electrons. The van der Waals surface area contributed by atoms with Crippen LogP contribution in [0.25, 0.3) is 0 Å². The molecule has 0 aliphatic carbocycles. The van der Waals surface area contributed by atoms with Gasteiger partial charge in [-0.25, -0.2) is 4.39 Å². The Bertz CT molecular complexity index is 599. The van der Waals surface area contributed by atoms with Gasteiger partial charge in [-0.05, 0) is 36.1 Å². The molecule has 0 saturated heterocycles. The van der Waals surface area contributed by atoms with Crippen molar-refractivity contribution in [2.75, 3.05) is 5.73 Å². The number of nitrogens with two attached hydrogens (primary N) is 1. The highest BCUT2D eigenvalue weighted by Crippen LogP contribution is 2.21. The van der Waals surface area contributed by atoms with Crippen molar-refractivity contribution in [3.05, 3.63) is 65.0 Å². The standard InChI is InChI=1S/C17H18FNO/c1-3-11(2)12-4-6-13(7-5-12)17(20)14-8-15(18)10-16(19)9-14/h4-11H,3,19H2,1-2H3. The van der Waals surface area contributed by atoms with E-state index in [1.54, 1.807) is 12.1 Å². The summed E-state index contributed by atoms with van der Waals surface area (Å²) in [6, 6.07) is 11.4. The summed E-state index contributed by atoms with van der Waals surface area (Å²) >= 11 is 0. The number of ketones is 1. The Morgan fingerprint density at radius 3 is 2.35 bits per heavy atom. The molecule has 1 atom stereocenters. The lowest BCUT2D eigenvalue weighted by molar-refractivity contribution is 0.103. The fourth-order valence-electron chi connectivity index (χ4n) is 2.11. The topological polar surface area (TPSA) is 43.1 Å². The van der Waals surface area contributed by atoms with Crippen molar-refractivity contribution in [2.24, 2.45) is 0 Å². The Hall–Kier alpha value is -2.16. The summed E-state index contributed by atoms with van der Waals surface area (Å²) in [6.07, 6.45) is 1.05. The highest BCUT2D eigenvalue weighted by Gasteiger charge is 2.12. The van der Waals surface area contributed by atoms with Crippen LogP contribution in [-0.4, -0.2) is 5.78 Å². The summed E-state index contributed by atoms with van der Waals surface area (Å²) in [5.74, 6) is -0.250. The molecule has 0 fully saturated rings. The lowest BCUT2D eigenvalue weighted by atomic mass is 9.95. The average molecular weight is 271 g/mol. The molecule has 3 heteroatoms. The van der Waals surface area contributed by atoms with Gasteiger partial charge in [0.05, 0.1) is 0 Å². The maximum absolute atomic E-state index is 13.3. The summed E-state index contributed by atoms with van der Waals surface area (Å²) in [5.41, 5.74) is 7.84. The molecule has 0 aliphatic heterocycles. The minimum atomic E-state index is -0.496. The van der Waals surface area contributed by atoms with E-state index in [-0.39, 0.29) is 17.0 Å². The van der Waals surface area contributed by atoms with E-state index >= 15 is 0 Å². The smallest absolute Gasteiger partial charge is 0.193 e. The maximum Gasteiger partial charge on any atom is 0.193 e. The molecule has 2 aromatic carbocycles. The fourth-order valence-corrected chi connectivity index (χ4v) is 2.11. The third-order valence-corrected chi connectivity index (χ3v) is 3.54. The van der Waals surface area contributed by atoms with Crippen LogP contribution in [0, 0.1) is 5.82 Å². The number of hydrogen-bond donors (Lipinski definition) is 1. The lowest BCUT2D eigenvalue weighted by Crippen LogP contribution is -2.03. The molecule has 0 spiro atoms. The zero-order valence-corrected chi connectivity index (χ0v) is 11.7. The molecule has 0 amide bonds. The molecule has 0 aliphatic rings. The van der Waals surface area contributed by atoms with Gasteiger partial charge in [0, 0.05) is 16.8 Å². The minimum Gasteiger partial charge on any atom is -0.399 e. The van der Waals surface area contributed by atoms with Gasteiger partial charge in [0.2, 0.25) is 0 Å². The van der Waals surface area contributed by atoms with Crippen LogP contribution in [-0.2, 0) is 0 Å². The van der Waals surface area contributed by atoms with E-state index in [4.69, 9.17) is 5.73 Å². The van der Waals surface area contributed by atoms with Crippen LogP contribution in [0.4, 0.5) is 10.1 Å². The van der Waals surface area contributed by atoms with Crippen molar-refractivity contribution in [3.8, 4) is 0 Å². The fraction of sp³-hybridized carbons (Fsp3) is 0.235. The van der Waals surface area contributed by atoms with Gasteiger partial charge in [-0.2, -0.15) is 0 Å². The number of anilines is 1.